The van der Waals surface area contributed by atoms with E-state index in [-0.39, 0.29) is 0 Å². The van der Waals surface area contributed by atoms with Crippen molar-refractivity contribution in [1.82, 2.24) is 9.13 Å². The van der Waals surface area contributed by atoms with Gasteiger partial charge in [-0.2, -0.15) is 0 Å². The fourth-order valence-electron chi connectivity index (χ4n) is 8.79. The number of hydrogen-bond acceptors (Lipinski definition) is 2. The minimum absolute atomic E-state index is 1.10. The van der Waals surface area contributed by atoms with Crippen LogP contribution in [0.5, 0.6) is 0 Å². The molecule has 0 fully saturated rings. The molecule has 2 heterocycles. The van der Waals surface area contributed by atoms with Gasteiger partial charge >= 0.3 is 0 Å². The zero-order chi connectivity index (χ0) is 39.8. The number of benzene rings is 9. The standard InChI is InChI=1S/C56H40N4/c1-7-19-43(20-8-1)57(44-21-9-2-10-22-44)49-34-31-41(32-35-49)42-33-37-53-51(39-42)55-56(59(53)47-27-15-5-16-28-47)52-40-50(36-38-54(52)60(55)48-29-17-6-18-30-48)58(45-23-11-3-12-24-45)46-25-13-4-14-26-46/h1-40H. The smallest absolute Gasteiger partial charge is 0.0804 e. The maximum Gasteiger partial charge on any atom is 0.0804 e. The third-order valence-electron chi connectivity index (χ3n) is 11.4. The van der Waals surface area contributed by atoms with E-state index in [1.54, 1.807) is 0 Å². The average molecular weight is 769 g/mol. The van der Waals surface area contributed by atoms with Crippen molar-refractivity contribution in [1.29, 1.82) is 0 Å². The Morgan fingerprint density at radius 1 is 0.250 bits per heavy atom. The second-order valence-corrected chi connectivity index (χ2v) is 15.0. The van der Waals surface area contributed by atoms with Crippen LogP contribution in [-0.2, 0) is 0 Å². The summed E-state index contributed by atoms with van der Waals surface area (Å²) in [5.74, 6) is 0. The highest BCUT2D eigenvalue weighted by Gasteiger charge is 2.24. The molecule has 0 spiro atoms. The van der Waals surface area contributed by atoms with E-state index in [2.05, 4.69) is 262 Å². The van der Waals surface area contributed by atoms with E-state index in [1.165, 1.54) is 21.8 Å². The summed E-state index contributed by atoms with van der Waals surface area (Å²) in [4.78, 5) is 4.65. The van der Waals surface area contributed by atoms with Gasteiger partial charge in [-0.3, -0.25) is 0 Å². The first-order chi connectivity index (χ1) is 29.8. The van der Waals surface area contributed by atoms with Gasteiger partial charge in [0.05, 0.1) is 22.1 Å². The lowest BCUT2D eigenvalue weighted by atomic mass is 10.0. The SMILES string of the molecule is c1ccc(N(c2ccccc2)c2ccc(-c3ccc4c(c3)c3c(c5cc(N(c6ccccc6)c6ccccc6)ccc5n3-c3ccccc3)n4-c3ccccc3)cc2)cc1. The molecule has 11 rings (SSSR count). The molecule has 0 unspecified atom stereocenters. The van der Waals surface area contributed by atoms with Gasteiger partial charge in [-0.05, 0) is 126 Å². The molecule has 2 aromatic heterocycles. The Morgan fingerprint density at radius 3 is 1.00 bits per heavy atom. The van der Waals surface area contributed by atoms with E-state index in [4.69, 9.17) is 0 Å². The van der Waals surface area contributed by atoms with Gasteiger partial charge in [0.15, 0.2) is 0 Å². The lowest BCUT2D eigenvalue weighted by molar-refractivity contribution is 1.17. The van der Waals surface area contributed by atoms with E-state index in [9.17, 15) is 0 Å². The molecular formula is C56H40N4. The second-order valence-electron chi connectivity index (χ2n) is 15.0. The van der Waals surface area contributed by atoms with Crippen molar-refractivity contribution in [2.75, 3.05) is 9.80 Å². The predicted octanol–water partition coefficient (Wildman–Crippen LogP) is 15.3. The summed E-state index contributed by atoms with van der Waals surface area (Å²) in [6, 6.07) is 86.9. The highest BCUT2D eigenvalue weighted by Crippen LogP contribution is 2.45. The summed E-state index contributed by atoms with van der Waals surface area (Å²) in [6.45, 7) is 0. The molecule has 0 aliphatic rings. The van der Waals surface area contributed by atoms with Crippen molar-refractivity contribution in [3.05, 3.63) is 243 Å². The van der Waals surface area contributed by atoms with E-state index in [0.717, 1.165) is 67.7 Å². The lowest BCUT2D eigenvalue weighted by Gasteiger charge is -2.25. The molecule has 0 aliphatic heterocycles. The normalized spacial score (nSPS) is 11.3. The molecule has 0 bridgehead atoms. The van der Waals surface area contributed by atoms with Crippen LogP contribution >= 0.6 is 0 Å². The number of fused-ring (bicyclic) bond motifs is 5. The molecule has 4 heteroatoms. The molecule has 0 amide bonds. The summed E-state index contributed by atoms with van der Waals surface area (Å²) in [5.41, 5.74) is 15.9. The highest BCUT2D eigenvalue weighted by atomic mass is 15.1. The molecule has 0 aliphatic carbocycles. The summed E-state index contributed by atoms with van der Waals surface area (Å²) >= 11 is 0. The van der Waals surface area contributed by atoms with Crippen LogP contribution < -0.4 is 9.80 Å². The number of anilines is 6. The van der Waals surface area contributed by atoms with E-state index in [0.29, 0.717) is 0 Å². The third-order valence-corrected chi connectivity index (χ3v) is 11.4. The Bertz CT molecular complexity index is 3100. The monoisotopic (exact) mass is 768 g/mol. The molecule has 9 aromatic carbocycles. The number of hydrogen-bond donors (Lipinski definition) is 0. The molecule has 0 saturated heterocycles. The Balaban J connectivity index is 1.14. The van der Waals surface area contributed by atoms with Crippen LogP contribution in [0.3, 0.4) is 0 Å². The molecule has 0 N–H and O–H groups in total. The number of nitrogens with zero attached hydrogens (tertiary/aromatic N) is 4. The van der Waals surface area contributed by atoms with Gasteiger partial charge < -0.3 is 18.9 Å². The molecule has 0 radical (unpaired) electrons. The first-order valence-corrected chi connectivity index (χ1v) is 20.4. The van der Waals surface area contributed by atoms with Crippen molar-refractivity contribution in [2.45, 2.75) is 0 Å². The molecule has 60 heavy (non-hydrogen) atoms. The average Bonchev–Trinajstić information content (AvgIpc) is 3.83. The van der Waals surface area contributed by atoms with Gasteiger partial charge in [-0.15, -0.1) is 0 Å². The van der Waals surface area contributed by atoms with Crippen LogP contribution in [0.1, 0.15) is 0 Å². The van der Waals surface area contributed by atoms with Gasteiger partial charge in [0.25, 0.3) is 0 Å². The Labute approximate surface area is 349 Å². The third kappa shape index (κ3) is 6.10. The largest absolute Gasteiger partial charge is 0.311 e. The maximum atomic E-state index is 2.45. The fraction of sp³-hybridized carbons (Fsp3) is 0. The minimum Gasteiger partial charge on any atom is -0.311 e. The van der Waals surface area contributed by atoms with Crippen molar-refractivity contribution in [3.8, 4) is 22.5 Å². The van der Waals surface area contributed by atoms with E-state index in [1.807, 2.05) is 0 Å². The van der Waals surface area contributed by atoms with E-state index < -0.39 is 0 Å². The molecular weight excluding hydrogens is 729 g/mol. The summed E-state index contributed by atoms with van der Waals surface area (Å²) in [5, 5.41) is 2.37. The minimum atomic E-state index is 1.10. The topological polar surface area (TPSA) is 16.3 Å². The maximum absolute atomic E-state index is 2.45. The summed E-state index contributed by atoms with van der Waals surface area (Å²) < 4.78 is 4.91. The van der Waals surface area contributed by atoms with Gasteiger partial charge in [-0.25, -0.2) is 0 Å². The molecule has 4 nitrogen and oxygen atoms in total. The lowest BCUT2D eigenvalue weighted by Crippen LogP contribution is -2.09. The van der Waals surface area contributed by atoms with Crippen LogP contribution in [-0.4, -0.2) is 9.13 Å². The van der Waals surface area contributed by atoms with Crippen LogP contribution in [0.25, 0.3) is 55.3 Å². The first kappa shape index (κ1) is 35.1. The van der Waals surface area contributed by atoms with Gasteiger partial charge in [0.2, 0.25) is 0 Å². The summed E-state index contributed by atoms with van der Waals surface area (Å²) in [6.07, 6.45) is 0. The fourth-order valence-corrected chi connectivity index (χ4v) is 8.79. The zero-order valence-electron chi connectivity index (χ0n) is 32.9. The van der Waals surface area contributed by atoms with Crippen molar-refractivity contribution < 1.29 is 0 Å². The Hall–Kier alpha value is -8.08. The van der Waals surface area contributed by atoms with Crippen LogP contribution in [0.4, 0.5) is 34.1 Å². The Kier molecular flexibility index (Phi) is 8.79. The molecule has 0 saturated carbocycles. The first-order valence-electron chi connectivity index (χ1n) is 20.4. The molecule has 11 aromatic rings. The van der Waals surface area contributed by atoms with Crippen LogP contribution in [0, 0.1) is 0 Å². The predicted molar refractivity (Wildman–Crippen MR) is 252 cm³/mol. The number of para-hydroxylation sites is 6. The van der Waals surface area contributed by atoms with Crippen LogP contribution in [0.2, 0.25) is 0 Å². The summed E-state index contributed by atoms with van der Waals surface area (Å²) in [7, 11) is 0. The quantitative estimate of drug-likeness (QED) is 0.145. The van der Waals surface area contributed by atoms with Crippen LogP contribution in [0.15, 0.2) is 243 Å². The number of aromatic nitrogens is 2. The highest BCUT2D eigenvalue weighted by molar-refractivity contribution is 6.21. The molecule has 0 atom stereocenters. The van der Waals surface area contributed by atoms with Gasteiger partial charge in [0, 0.05) is 56.3 Å². The van der Waals surface area contributed by atoms with Gasteiger partial charge in [-0.1, -0.05) is 127 Å². The second kappa shape index (κ2) is 15.0. The van der Waals surface area contributed by atoms with Gasteiger partial charge in [0.1, 0.15) is 0 Å². The zero-order valence-corrected chi connectivity index (χ0v) is 32.9. The van der Waals surface area contributed by atoms with Crippen molar-refractivity contribution >= 4 is 67.0 Å². The Morgan fingerprint density at radius 2 is 0.567 bits per heavy atom. The number of rotatable bonds is 9. The van der Waals surface area contributed by atoms with Crippen molar-refractivity contribution in [3.63, 3.8) is 0 Å². The van der Waals surface area contributed by atoms with Crippen molar-refractivity contribution in [2.24, 2.45) is 0 Å². The van der Waals surface area contributed by atoms with E-state index >= 15 is 0 Å². The molecule has 284 valence electrons.